The number of aliphatic hydroxyl groups is 2. The number of hydrogen-bond donors (Lipinski definition) is 2. The Hall–Kier alpha value is -0.640. The van der Waals surface area contributed by atoms with Crippen LogP contribution >= 0.6 is 0 Å². The van der Waals surface area contributed by atoms with Gasteiger partial charge in [0.05, 0.1) is 11.7 Å². The van der Waals surface area contributed by atoms with Crippen molar-refractivity contribution in [2.45, 2.75) is 110 Å². The number of epoxide rings is 1. The van der Waals surface area contributed by atoms with Crippen molar-refractivity contribution >= 4 is 0 Å². The zero-order chi connectivity index (χ0) is 22.4. The first-order valence-electron chi connectivity index (χ1n) is 13.0. The summed E-state index contributed by atoms with van der Waals surface area (Å²) in [4.78, 5) is 0. The molecule has 31 heavy (non-hydrogen) atoms. The van der Waals surface area contributed by atoms with Gasteiger partial charge in [0.1, 0.15) is 11.7 Å². The number of allylic oxidation sites excluding steroid dienone is 2. The molecule has 2 N–H and O–H groups in total. The number of aliphatic hydroxyl groups excluding tert-OH is 1. The number of hydrogen-bond acceptors (Lipinski definition) is 3. The van der Waals surface area contributed by atoms with Crippen LogP contribution in [0.3, 0.4) is 0 Å². The molecule has 4 fully saturated rings. The van der Waals surface area contributed by atoms with Gasteiger partial charge in [0.2, 0.25) is 0 Å². The molecule has 0 amide bonds. The van der Waals surface area contributed by atoms with Gasteiger partial charge in [-0.1, -0.05) is 59.8 Å². The van der Waals surface area contributed by atoms with Crippen molar-refractivity contribution in [1.82, 2.24) is 0 Å². The summed E-state index contributed by atoms with van der Waals surface area (Å²) in [5.74, 6) is 3.00. The number of rotatable bonds is 4. The molecule has 1 heterocycles. The minimum absolute atomic E-state index is 0.0911. The summed E-state index contributed by atoms with van der Waals surface area (Å²) in [6, 6.07) is 0. The van der Waals surface area contributed by atoms with Gasteiger partial charge in [0, 0.05) is 11.8 Å². The molecule has 0 bridgehead atoms. The second kappa shape index (κ2) is 6.93. The molecular weight excluding hydrogens is 384 g/mol. The lowest BCUT2D eigenvalue weighted by molar-refractivity contribution is -0.157. The first-order valence-corrected chi connectivity index (χ1v) is 13.0. The van der Waals surface area contributed by atoms with Gasteiger partial charge >= 0.3 is 0 Å². The Labute approximate surface area is 189 Å². The maximum absolute atomic E-state index is 12.3. The standard InChI is InChI=1S/C28H44O3/c1-17(2)18(3)7-8-19(4)21-9-10-22-23-15-24-28(31-24)16-20(29)11-12-26(28,6)27(23,30)14-13-25(21,22)5/h7-8,15,17-22,24,29-30H,9-14,16H2,1-6H3. The Morgan fingerprint density at radius 3 is 2.48 bits per heavy atom. The highest BCUT2D eigenvalue weighted by molar-refractivity contribution is 5.44. The summed E-state index contributed by atoms with van der Waals surface area (Å²) in [5, 5.41) is 22.7. The van der Waals surface area contributed by atoms with Crippen molar-refractivity contribution in [3.8, 4) is 0 Å². The number of fused-ring (bicyclic) bond motifs is 4. The summed E-state index contributed by atoms with van der Waals surface area (Å²) in [6.07, 6.45) is 13.7. The first-order chi connectivity index (χ1) is 14.5. The van der Waals surface area contributed by atoms with Crippen molar-refractivity contribution in [3.05, 3.63) is 23.8 Å². The summed E-state index contributed by atoms with van der Waals surface area (Å²) in [5.41, 5.74) is 0.170. The molecule has 10 atom stereocenters. The van der Waals surface area contributed by atoms with E-state index in [1.165, 1.54) is 18.4 Å². The molecule has 174 valence electrons. The predicted octanol–water partition coefficient (Wildman–Crippen LogP) is 5.66. The summed E-state index contributed by atoms with van der Waals surface area (Å²) < 4.78 is 6.34. The van der Waals surface area contributed by atoms with Crippen LogP contribution in [0.25, 0.3) is 0 Å². The highest BCUT2D eigenvalue weighted by Crippen LogP contribution is 2.73. The van der Waals surface area contributed by atoms with Crippen LogP contribution in [0, 0.1) is 40.4 Å². The Bertz CT molecular complexity index is 800. The van der Waals surface area contributed by atoms with E-state index in [2.05, 4.69) is 59.8 Å². The Morgan fingerprint density at radius 1 is 1.03 bits per heavy atom. The van der Waals surface area contributed by atoms with Crippen molar-refractivity contribution in [3.63, 3.8) is 0 Å². The molecule has 0 aromatic rings. The molecule has 4 aliphatic carbocycles. The van der Waals surface area contributed by atoms with Crippen molar-refractivity contribution in [2.75, 3.05) is 0 Å². The second-order valence-corrected chi connectivity index (χ2v) is 12.7. The van der Waals surface area contributed by atoms with Crippen LogP contribution < -0.4 is 0 Å². The summed E-state index contributed by atoms with van der Waals surface area (Å²) >= 11 is 0. The van der Waals surface area contributed by atoms with E-state index in [1.54, 1.807) is 0 Å². The normalized spacial score (nSPS) is 52.7. The highest BCUT2D eigenvalue weighted by atomic mass is 16.6. The van der Waals surface area contributed by atoms with E-state index in [1.807, 2.05) is 0 Å². The maximum atomic E-state index is 12.3. The molecular formula is C28H44O3. The molecule has 3 nitrogen and oxygen atoms in total. The quantitative estimate of drug-likeness (QED) is 0.449. The van der Waals surface area contributed by atoms with Gasteiger partial charge in [-0.3, -0.25) is 0 Å². The third-order valence-corrected chi connectivity index (χ3v) is 11.1. The fraction of sp³-hybridized carbons (Fsp3) is 0.857. The monoisotopic (exact) mass is 428 g/mol. The number of ether oxygens (including phenoxy) is 1. The zero-order valence-corrected chi connectivity index (χ0v) is 20.5. The van der Waals surface area contributed by atoms with E-state index in [0.717, 1.165) is 25.7 Å². The summed E-state index contributed by atoms with van der Waals surface area (Å²) in [6.45, 7) is 14.1. The Morgan fingerprint density at radius 2 is 1.77 bits per heavy atom. The van der Waals surface area contributed by atoms with Crippen LogP contribution in [-0.2, 0) is 4.74 Å². The van der Waals surface area contributed by atoms with Gasteiger partial charge in [0.25, 0.3) is 0 Å². The van der Waals surface area contributed by atoms with Gasteiger partial charge in [-0.25, -0.2) is 0 Å². The molecule has 1 saturated heterocycles. The fourth-order valence-corrected chi connectivity index (χ4v) is 8.47. The van der Waals surface area contributed by atoms with Crippen molar-refractivity contribution < 1.29 is 14.9 Å². The molecule has 0 aromatic heterocycles. The van der Waals surface area contributed by atoms with Crippen LogP contribution in [0.5, 0.6) is 0 Å². The first kappa shape index (κ1) is 22.2. The van der Waals surface area contributed by atoms with Gasteiger partial charge in [-0.15, -0.1) is 0 Å². The van der Waals surface area contributed by atoms with E-state index >= 15 is 0 Å². The van der Waals surface area contributed by atoms with Crippen molar-refractivity contribution in [2.24, 2.45) is 40.4 Å². The SMILES string of the molecule is CC(C)C(C)C=CC(C)C1CCC2C3=CC4OC45CC(O)CCC5(C)C3(O)CCC21C. The maximum Gasteiger partial charge on any atom is 0.110 e. The molecule has 3 heteroatoms. The van der Waals surface area contributed by atoms with Gasteiger partial charge < -0.3 is 14.9 Å². The lowest BCUT2D eigenvalue weighted by Gasteiger charge is -2.60. The van der Waals surface area contributed by atoms with E-state index in [9.17, 15) is 10.2 Å². The highest BCUT2D eigenvalue weighted by Gasteiger charge is 2.78. The van der Waals surface area contributed by atoms with Crippen molar-refractivity contribution in [1.29, 1.82) is 0 Å². The average Bonchev–Trinajstić information content (AvgIpc) is 3.29. The van der Waals surface area contributed by atoms with E-state index in [-0.39, 0.29) is 28.6 Å². The smallest absolute Gasteiger partial charge is 0.110 e. The minimum atomic E-state index is -0.773. The second-order valence-electron chi connectivity index (χ2n) is 12.7. The topological polar surface area (TPSA) is 53.0 Å². The molecule has 3 saturated carbocycles. The molecule has 5 aliphatic rings. The van der Waals surface area contributed by atoms with Crippen LogP contribution in [0.2, 0.25) is 0 Å². The molecule has 0 radical (unpaired) electrons. The van der Waals surface area contributed by atoms with E-state index < -0.39 is 5.60 Å². The Kier molecular flexibility index (Phi) is 4.96. The summed E-state index contributed by atoms with van der Waals surface area (Å²) in [7, 11) is 0. The largest absolute Gasteiger partial charge is 0.393 e. The van der Waals surface area contributed by atoms with E-state index in [4.69, 9.17) is 4.74 Å². The van der Waals surface area contributed by atoms with Crippen LogP contribution in [-0.4, -0.2) is 33.6 Å². The third kappa shape index (κ3) is 2.81. The van der Waals surface area contributed by atoms with Gasteiger partial charge in [0.15, 0.2) is 0 Å². The third-order valence-electron chi connectivity index (χ3n) is 11.1. The molecule has 0 aromatic carbocycles. The lowest BCUT2D eigenvalue weighted by atomic mass is 9.45. The lowest BCUT2D eigenvalue weighted by Crippen LogP contribution is -2.65. The average molecular weight is 429 g/mol. The van der Waals surface area contributed by atoms with Crippen LogP contribution in [0.1, 0.15) is 86.5 Å². The zero-order valence-electron chi connectivity index (χ0n) is 20.5. The Balaban J connectivity index is 1.44. The minimum Gasteiger partial charge on any atom is -0.393 e. The van der Waals surface area contributed by atoms with Gasteiger partial charge in [-0.2, -0.15) is 0 Å². The molecule has 10 unspecified atom stereocenters. The van der Waals surface area contributed by atoms with Crippen LogP contribution in [0.4, 0.5) is 0 Å². The van der Waals surface area contributed by atoms with Gasteiger partial charge in [-0.05, 0) is 79.1 Å². The predicted molar refractivity (Wildman–Crippen MR) is 124 cm³/mol. The molecule has 1 spiro atoms. The van der Waals surface area contributed by atoms with E-state index in [0.29, 0.717) is 36.0 Å². The molecule has 5 rings (SSSR count). The fourth-order valence-electron chi connectivity index (χ4n) is 8.47. The molecule has 1 aliphatic heterocycles. The van der Waals surface area contributed by atoms with Crippen LogP contribution in [0.15, 0.2) is 23.8 Å².